The van der Waals surface area contributed by atoms with Crippen molar-refractivity contribution < 1.29 is 4.79 Å². The van der Waals surface area contributed by atoms with Gasteiger partial charge in [-0.25, -0.2) is 0 Å². The predicted octanol–water partition coefficient (Wildman–Crippen LogP) is 4.12. The minimum atomic E-state index is 0.143. The van der Waals surface area contributed by atoms with E-state index in [0.29, 0.717) is 12.3 Å². The van der Waals surface area contributed by atoms with Gasteiger partial charge in [-0.15, -0.1) is 0 Å². The van der Waals surface area contributed by atoms with Gasteiger partial charge in [0.2, 0.25) is 5.91 Å². The molecule has 0 aliphatic heterocycles. The highest BCUT2D eigenvalue weighted by Crippen LogP contribution is 2.11. The van der Waals surface area contributed by atoms with Crippen LogP contribution >= 0.6 is 0 Å². The molecule has 0 radical (unpaired) electrons. The lowest BCUT2D eigenvalue weighted by molar-refractivity contribution is -0.120. The number of nitrogens with one attached hydrogen (secondary N) is 1. The molecule has 1 amide bonds. The van der Waals surface area contributed by atoms with E-state index in [1.54, 1.807) is 0 Å². The third kappa shape index (κ3) is 6.23. The molecule has 0 aliphatic rings. The Labute approximate surface area is 124 Å². The van der Waals surface area contributed by atoms with Crippen LogP contribution < -0.4 is 5.32 Å². The fraction of sp³-hybridized carbons (Fsp3) is 0.611. The third-order valence-corrected chi connectivity index (χ3v) is 3.93. The van der Waals surface area contributed by atoms with E-state index in [4.69, 9.17) is 0 Å². The molecule has 0 saturated carbocycles. The number of hydrogen-bond donors (Lipinski definition) is 1. The average molecular weight is 275 g/mol. The zero-order valence-corrected chi connectivity index (χ0v) is 13.2. The Bertz CT molecular complexity index is 383. The second-order valence-corrected chi connectivity index (χ2v) is 5.57. The summed E-state index contributed by atoms with van der Waals surface area (Å²) in [5.41, 5.74) is 2.42. The lowest BCUT2D eigenvalue weighted by Gasteiger charge is -2.15. The highest BCUT2D eigenvalue weighted by molar-refractivity contribution is 5.78. The molecule has 1 aromatic rings. The van der Waals surface area contributed by atoms with Crippen LogP contribution in [0.4, 0.5) is 0 Å². The normalized spacial score (nSPS) is 12.2. The third-order valence-electron chi connectivity index (χ3n) is 3.93. The second kappa shape index (κ2) is 9.57. The van der Waals surface area contributed by atoms with E-state index in [1.165, 1.54) is 24.8 Å². The van der Waals surface area contributed by atoms with E-state index in [1.807, 2.05) is 0 Å². The Hall–Kier alpha value is -1.31. The van der Waals surface area contributed by atoms with Crippen LogP contribution in [0.1, 0.15) is 57.6 Å². The van der Waals surface area contributed by atoms with Gasteiger partial charge in [0, 0.05) is 6.54 Å². The van der Waals surface area contributed by atoms with Crippen molar-refractivity contribution in [2.24, 2.45) is 5.92 Å². The molecule has 1 unspecified atom stereocenters. The van der Waals surface area contributed by atoms with E-state index in [2.05, 4.69) is 50.4 Å². The standard InChI is InChI=1S/C18H29NO/c1-4-7-8-16(6-3)14-19-18(20)13-17-11-9-15(5-2)10-12-17/h9-12,16H,4-8,13-14H2,1-3H3,(H,19,20). The molecule has 1 atom stereocenters. The summed E-state index contributed by atoms with van der Waals surface area (Å²) in [6.07, 6.45) is 6.39. The number of unbranched alkanes of at least 4 members (excludes halogenated alkanes) is 1. The first kappa shape index (κ1) is 16.7. The molecule has 2 heteroatoms. The number of rotatable bonds is 9. The molecule has 1 aromatic carbocycles. The van der Waals surface area contributed by atoms with Gasteiger partial charge in [-0.3, -0.25) is 4.79 Å². The fourth-order valence-electron chi connectivity index (χ4n) is 2.34. The van der Waals surface area contributed by atoms with Crippen LogP contribution in [0.3, 0.4) is 0 Å². The molecule has 0 saturated heterocycles. The molecule has 0 spiro atoms. The molecule has 1 rings (SSSR count). The second-order valence-electron chi connectivity index (χ2n) is 5.57. The van der Waals surface area contributed by atoms with Crippen molar-refractivity contribution in [1.82, 2.24) is 5.32 Å². The van der Waals surface area contributed by atoms with Crippen molar-refractivity contribution in [3.8, 4) is 0 Å². The van der Waals surface area contributed by atoms with Gasteiger partial charge in [0.05, 0.1) is 6.42 Å². The van der Waals surface area contributed by atoms with Crippen LogP contribution in [0.25, 0.3) is 0 Å². The highest BCUT2D eigenvalue weighted by Gasteiger charge is 2.08. The van der Waals surface area contributed by atoms with Crippen LogP contribution in [0.2, 0.25) is 0 Å². The highest BCUT2D eigenvalue weighted by atomic mass is 16.1. The van der Waals surface area contributed by atoms with Crippen molar-refractivity contribution in [2.75, 3.05) is 6.54 Å². The van der Waals surface area contributed by atoms with Crippen molar-refractivity contribution in [2.45, 2.75) is 59.3 Å². The fourth-order valence-corrected chi connectivity index (χ4v) is 2.34. The number of aryl methyl sites for hydroxylation is 1. The molecular formula is C18H29NO. The van der Waals surface area contributed by atoms with E-state index in [-0.39, 0.29) is 5.91 Å². The molecule has 0 heterocycles. The quantitative estimate of drug-likeness (QED) is 0.721. The summed E-state index contributed by atoms with van der Waals surface area (Å²) in [5.74, 6) is 0.769. The maximum absolute atomic E-state index is 11.9. The zero-order valence-electron chi connectivity index (χ0n) is 13.2. The molecule has 0 bridgehead atoms. The predicted molar refractivity (Wildman–Crippen MR) is 85.8 cm³/mol. The van der Waals surface area contributed by atoms with Gasteiger partial charge in [0.25, 0.3) is 0 Å². The van der Waals surface area contributed by atoms with Gasteiger partial charge in [0.1, 0.15) is 0 Å². The summed E-state index contributed by atoms with van der Waals surface area (Å²) in [4.78, 5) is 11.9. The van der Waals surface area contributed by atoms with E-state index in [9.17, 15) is 4.79 Å². The Morgan fingerprint density at radius 1 is 1.10 bits per heavy atom. The Balaban J connectivity index is 2.34. The molecule has 20 heavy (non-hydrogen) atoms. The summed E-state index contributed by atoms with van der Waals surface area (Å²) in [7, 11) is 0. The van der Waals surface area contributed by atoms with Crippen LogP contribution in [0.5, 0.6) is 0 Å². The number of amides is 1. The van der Waals surface area contributed by atoms with Crippen molar-refractivity contribution in [3.63, 3.8) is 0 Å². The first-order valence-electron chi connectivity index (χ1n) is 8.04. The van der Waals surface area contributed by atoms with Gasteiger partial charge in [-0.05, 0) is 29.9 Å². The summed E-state index contributed by atoms with van der Waals surface area (Å²) < 4.78 is 0. The zero-order chi connectivity index (χ0) is 14.8. The maximum Gasteiger partial charge on any atom is 0.224 e. The summed E-state index contributed by atoms with van der Waals surface area (Å²) >= 11 is 0. The number of carbonyl (C=O) groups is 1. The number of hydrogen-bond acceptors (Lipinski definition) is 1. The summed E-state index contributed by atoms with van der Waals surface area (Å²) in [6.45, 7) is 7.38. The molecule has 0 aromatic heterocycles. The maximum atomic E-state index is 11.9. The van der Waals surface area contributed by atoms with Gasteiger partial charge < -0.3 is 5.32 Å². The van der Waals surface area contributed by atoms with Crippen LogP contribution in [-0.2, 0) is 17.6 Å². The monoisotopic (exact) mass is 275 g/mol. The smallest absolute Gasteiger partial charge is 0.224 e. The van der Waals surface area contributed by atoms with E-state index < -0.39 is 0 Å². The largest absolute Gasteiger partial charge is 0.356 e. The van der Waals surface area contributed by atoms with Crippen LogP contribution in [0, 0.1) is 5.92 Å². The van der Waals surface area contributed by atoms with Crippen LogP contribution in [-0.4, -0.2) is 12.5 Å². The first-order chi connectivity index (χ1) is 9.69. The van der Waals surface area contributed by atoms with E-state index >= 15 is 0 Å². The molecule has 1 N–H and O–H groups in total. The lowest BCUT2D eigenvalue weighted by atomic mass is 9.99. The first-order valence-corrected chi connectivity index (χ1v) is 8.04. The van der Waals surface area contributed by atoms with Crippen LogP contribution in [0.15, 0.2) is 24.3 Å². The van der Waals surface area contributed by atoms with Crippen molar-refractivity contribution >= 4 is 5.91 Å². The van der Waals surface area contributed by atoms with Crippen molar-refractivity contribution in [3.05, 3.63) is 35.4 Å². The minimum Gasteiger partial charge on any atom is -0.356 e. The average Bonchev–Trinajstić information content (AvgIpc) is 2.48. The molecule has 0 aliphatic carbocycles. The Kier molecular flexibility index (Phi) is 8.01. The topological polar surface area (TPSA) is 29.1 Å². The van der Waals surface area contributed by atoms with Gasteiger partial charge >= 0.3 is 0 Å². The Morgan fingerprint density at radius 3 is 2.30 bits per heavy atom. The molecule has 112 valence electrons. The number of carbonyl (C=O) groups excluding carboxylic acids is 1. The molecule has 0 fully saturated rings. The molecular weight excluding hydrogens is 246 g/mol. The van der Waals surface area contributed by atoms with Gasteiger partial charge in [0.15, 0.2) is 0 Å². The Morgan fingerprint density at radius 2 is 1.75 bits per heavy atom. The molecule has 2 nitrogen and oxygen atoms in total. The number of benzene rings is 1. The summed E-state index contributed by atoms with van der Waals surface area (Å²) in [6, 6.07) is 8.34. The van der Waals surface area contributed by atoms with Crippen molar-refractivity contribution in [1.29, 1.82) is 0 Å². The van der Waals surface area contributed by atoms with E-state index in [0.717, 1.165) is 24.9 Å². The van der Waals surface area contributed by atoms with Gasteiger partial charge in [-0.2, -0.15) is 0 Å². The van der Waals surface area contributed by atoms with Gasteiger partial charge in [-0.1, -0.05) is 64.3 Å². The lowest BCUT2D eigenvalue weighted by Crippen LogP contribution is -2.30. The minimum absolute atomic E-state index is 0.143. The summed E-state index contributed by atoms with van der Waals surface area (Å²) in [5, 5.41) is 3.08. The SMILES string of the molecule is CCCCC(CC)CNC(=O)Cc1ccc(CC)cc1.